The van der Waals surface area contributed by atoms with Crippen molar-refractivity contribution < 1.29 is 19.3 Å². The smallest absolute Gasteiger partial charge is 0.165 e. The summed E-state index contributed by atoms with van der Waals surface area (Å²) in [5.41, 5.74) is 2.27. The Labute approximate surface area is 179 Å². The quantitative estimate of drug-likeness (QED) is 0.513. The van der Waals surface area contributed by atoms with Gasteiger partial charge in [-0.2, -0.15) is 0 Å². The second-order valence-electron chi connectivity index (χ2n) is 7.47. The van der Waals surface area contributed by atoms with Crippen LogP contribution in [0, 0.1) is 0 Å². The minimum Gasteiger partial charge on any atom is -0.493 e. The fourth-order valence-corrected chi connectivity index (χ4v) is 3.53. The topological polar surface area (TPSA) is 76.1 Å². The van der Waals surface area contributed by atoms with Crippen LogP contribution in [0.4, 0.5) is 0 Å². The van der Waals surface area contributed by atoms with Gasteiger partial charge in [-0.25, -0.2) is 0 Å². The molecule has 164 valence electrons. The number of hydrogen-bond acceptors (Lipinski definition) is 7. The van der Waals surface area contributed by atoms with Gasteiger partial charge < -0.3 is 24.6 Å². The van der Waals surface area contributed by atoms with Crippen LogP contribution in [0.1, 0.15) is 17.5 Å². The normalized spacial score (nSPS) is 15.7. The molecule has 0 spiro atoms. The summed E-state index contributed by atoms with van der Waals surface area (Å²) in [6.45, 7) is 5.52. The first-order valence-electron chi connectivity index (χ1n) is 10.6. The molecule has 1 aromatic heterocycles. The van der Waals surface area contributed by atoms with E-state index in [1.165, 1.54) is 5.56 Å². The van der Waals surface area contributed by atoms with E-state index in [9.17, 15) is 5.11 Å². The standard InChI is InChI=1S/C23H33N3O4/c1-28-22-8-2-7-20(16-25-10-4-6-19-5-3-9-24-15-19)23(22)30-18-21(27)17-26-11-13-29-14-12-26/h2-3,5,7-9,15,21,25,27H,4,6,10-14,16-18H2,1H3/t21-/m0/s1. The Morgan fingerprint density at radius 3 is 2.87 bits per heavy atom. The van der Waals surface area contributed by atoms with Gasteiger partial charge >= 0.3 is 0 Å². The molecule has 1 fully saturated rings. The maximum Gasteiger partial charge on any atom is 0.165 e. The minimum atomic E-state index is -0.562. The first kappa shape index (κ1) is 22.5. The van der Waals surface area contributed by atoms with E-state index < -0.39 is 6.10 Å². The molecule has 1 aromatic carbocycles. The Kier molecular flexibility index (Phi) is 9.37. The number of hydrogen-bond donors (Lipinski definition) is 2. The summed E-state index contributed by atoms with van der Waals surface area (Å²) >= 11 is 0. The minimum absolute atomic E-state index is 0.228. The van der Waals surface area contributed by atoms with Crippen LogP contribution in [0.25, 0.3) is 0 Å². The van der Waals surface area contributed by atoms with E-state index in [-0.39, 0.29) is 6.61 Å². The van der Waals surface area contributed by atoms with E-state index >= 15 is 0 Å². The van der Waals surface area contributed by atoms with Crippen LogP contribution in [-0.4, -0.2) is 74.2 Å². The molecular weight excluding hydrogens is 382 g/mol. The number of β-amino-alcohol motifs (C(OH)–C–C–N with tert-alkyl or cyclic N) is 1. The SMILES string of the molecule is COc1cccc(CNCCCc2cccnc2)c1OC[C@@H](O)CN1CCOCC1. The summed E-state index contributed by atoms with van der Waals surface area (Å²) in [6.07, 6.45) is 5.17. The molecule has 7 heteroatoms. The Morgan fingerprint density at radius 1 is 1.23 bits per heavy atom. The van der Waals surface area contributed by atoms with Gasteiger partial charge in [0.1, 0.15) is 12.7 Å². The van der Waals surface area contributed by atoms with Gasteiger partial charge in [-0.05, 0) is 37.1 Å². The molecule has 1 atom stereocenters. The number of nitrogens with one attached hydrogen (secondary N) is 1. The highest BCUT2D eigenvalue weighted by molar-refractivity contribution is 5.46. The van der Waals surface area contributed by atoms with E-state index in [1.807, 2.05) is 30.5 Å². The number of aromatic nitrogens is 1. The largest absolute Gasteiger partial charge is 0.493 e. The Bertz CT molecular complexity index is 738. The van der Waals surface area contributed by atoms with Crippen molar-refractivity contribution in [3.8, 4) is 11.5 Å². The zero-order chi connectivity index (χ0) is 21.0. The number of para-hydroxylation sites is 1. The third-order valence-corrected chi connectivity index (χ3v) is 5.13. The summed E-state index contributed by atoms with van der Waals surface area (Å²) < 4.78 is 16.8. The number of aliphatic hydroxyl groups excluding tert-OH is 1. The fraction of sp³-hybridized carbons (Fsp3) is 0.522. The van der Waals surface area contributed by atoms with Gasteiger partial charge in [0.15, 0.2) is 11.5 Å². The summed E-state index contributed by atoms with van der Waals surface area (Å²) in [5.74, 6) is 1.38. The lowest BCUT2D eigenvalue weighted by molar-refractivity contribution is 0.00436. The van der Waals surface area contributed by atoms with E-state index in [1.54, 1.807) is 13.3 Å². The highest BCUT2D eigenvalue weighted by Gasteiger charge is 2.17. The molecular formula is C23H33N3O4. The Hall–Kier alpha value is -2.19. The van der Waals surface area contributed by atoms with Crippen LogP contribution in [-0.2, 0) is 17.7 Å². The highest BCUT2D eigenvalue weighted by Crippen LogP contribution is 2.31. The predicted octanol–water partition coefficient (Wildman–Crippen LogP) is 1.88. The molecule has 0 saturated carbocycles. The molecule has 2 N–H and O–H groups in total. The highest BCUT2D eigenvalue weighted by atomic mass is 16.5. The lowest BCUT2D eigenvalue weighted by Crippen LogP contribution is -2.42. The van der Waals surface area contributed by atoms with Gasteiger partial charge in [0.25, 0.3) is 0 Å². The molecule has 1 aliphatic rings. The number of aliphatic hydroxyl groups is 1. The first-order chi connectivity index (χ1) is 14.8. The number of benzene rings is 1. The van der Waals surface area contributed by atoms with Gasteiger partial charge in [-0.15, -0.1) is 0 Å². The molecule has 1 aliphatic heterocycles. The average molecular weight is 416 g/mol. The number of aryl methyl sites for hydroxylation is 1. The molecule has 2 heterocycles. The predicted molar refractivity (Wildman–Crippen MR) is 116 cm³/mol. The summed E-state index contributed by atoms with van der Waals surface area (Å²) in [7, 11) is 1.64. The van der Waals surface area contributed by atoms with E-state index in [4.69, 9.17) is 14.2 Å². The zero-order valence-corrected chi connectivity index (χ0v) is 17.8. The molecule has 7 nitrogen and oxygen atoms in total. The number of ether oxygens (including phenoxy) is 3. The molecule has 0 aliphatic carbocycles. The summed E-state index contributed by atoms with van der Waals surface area (Å²) in [5, 5.41) is 13.9. The van der Waals surface area contributed by atoms with Crippen LogP contribution < -0.4 is 14.8 Å². The van der Waals surface area contributed by atoms with Crippen molar-refractivity contribution in [2.45, 2.75) is 25.5 Å². The Balaban J connectivity index is 1.47. The number of pyridine rings is 1. The van der Waals surface area contributed by atoms with Crippen molar-refractivity contribution in [3.05, 3.63) is 53.9 Å². The van der Waals surface area contributed by atoms with Gasteiger partial charge in [0.05, 0.1) is 20.3 Å². The number of morpholine rings is 1. The lowest BCUT2D eigenvalue weighted by atomic mass is 10.1. The second kappa shape index (κ2) is 12.5. The van der Waals surface area contributed by atoms with Crippen molar-refractivity contribution >= 4 is 0 Å². The Morgan fingerprint density at radius 2 is 2.10 bits per heavy atom. The molecule has 2 aromatic rings. The number of rotatable bonds is 12. The number of methoxy groups -OCH3 is 1. The van der Waals surface area contributed by atoms with Crippen molar-refractivity contribution in [1.29, 1.82) is 0 Å². The fourth-order valence-electron chi connectivity index (χ4n) is 3.53. The van der Waals surface area contributed by atoms with Crippen LogP contribution >= 0.6 is 0 Å². The van der Waals surface area contributed by atoms with E-state index in [0.29, 0.717) is 24.6 Å². The van der Waals surface area contributed by atoms with Crippen LogP contribution in [0.5, 0.6) is 11.5 Å². The van der Waals surface area contributed by atoms with E-state index in [2.05, 4.69) is 21.3 Å². The van der Waals surface area contributed by atoms with Crippen LogP contribution in [0.3, 0.4) is 0 Å². The van der Waals surface area contributed by atoms with E-state index in [0.717, 1.165) is 51.3 Å². The molecule has 0 radical (unpaired) electrons. The third-order valence-electron chi connectivity index (χ3n) is 5.13. The van der Waals surface area contributed by atoms with Gasteiger partial charge in [-0.1, -0.05) is 18.2 Å². The van der Waals surface area contributed by atoms with Crippen molar-refractivity contribution in [2.75, 3.05) is 53.1 Å². The van der Waals surface area contributed by atoms with Crippen LogP contribution in [0.15, 0.2) is 42.7 Å². The molecule has 30 heavy (non-hydrogen) atoms. The van der Waals surface area contributed by atoms with Gasteiger partial charge in [0.2, 0.25) is 0 Å². The van der Waals surface area contributed by atoms with Crippen molar-refractivity contribution in [2.24, 2.45) is 0 Å². The molecule has 0 amide bonds. The van der Waals surface area contributed by atoms with Crippen molar-refractivity contribution in [3.63, 3.8) is 0 Å². The maximum atomic E-state index is 10.4. The molecule has 0 bridgehead atoms. The first-order valence-corrected chi connectivity index (χ1v) is 10.6. The summed E-state index contributed by atoms with van der Waals surface area (Å²) in [6, 6.07) is 9.94. The zero-order valence-electron chi connectivity index (χ0n) is 17.8. The molecule has 0 unspecified atom stereocenters. The maximum absolute atomic E-state index is 10.4. The summed E-state index contributed by atoms with van der Waals surface area (Å²) in [4.78, 5) is 6.35. The second-order valence-corrected chi connectivity index (χ2v) is 7.47. The number of nitrogens with zero attached hydrogens (tertiary/aromatic N) is 2. The van der Waals surface area contributed by atoms with Crippen molar-refractivity contribution in [1.82, 2.24) is 15.2 Å². The average Bonchev–Trinajstić information content (AvgIpc) is 2.79. The van der Waals surface area contributed by atoms with Crippen LogP contribution in [0.2, 0.25) is 0 Å². The monoisotopic (exact) mass is 415 g/mol. The van der Waals surface area contributed by atoms with Gasteiger partial charge in [-0.3, -0.25) is 9.88 Å². The molecule has 3 rings (SSSR count). The molecule has 1 saturated heterocycles. The lowest BCUT2D eigenvalue weighted by Gasteiger charge is -2.28. The van der Waals surface area contributed by atoms with Gasteiger partial charge in [0, 0.05) is 44.1 Å². The third kappa shape index (κ3) is 7.25.